The summed E-state index contributed by atoms with van der Waals surface area (Å²) in [6.45, 7) is 0. The highest BCUT2D eigenvalue weighted by Gasteiger charge is 2.81. The number of halogens is 15. The highest BCUT2D eigenvalue weighted by molar-refractivity contribution is 14.3. The van der Waals surface area contributed by atoms with Crippen LogP contribution in [0.5, 0.6) is 0 Å². The molecule has 23 heavy (non-hydrogen) atoms. The van der Waals surface area contributed by atoms with Crippen molar-refractivity contribution in [3.05, 3.63) is 0 Å². The fourth-order valence-electron chi connectivity index (χ4n) is 1.43. The van der Waals surface area contributed by atoms with Crippen LogP contribution >= 0.6 is 339 Å². The molecule has 1 nitrogen and oxygen atoms in total. The van der Waals surface area contributed by atoms with E-state index in [-0.39, 0.29) is 5.15 Å². The minimum Gasteiger partial charge on any atom is -0.204 e. The number of rotatable bonds is 6. The molecule has 0 saturated carbocycles. The van der Waals surface area contributed by atoms with Crippen molar-refractivity contribution in [3.8, 4) is 0 Å². The standard InChI is InChI=1S/C7I15O/c8-2(9,3(10,11)7(21,22)23)1(4(12,13)14,5(15,16)17)6(18,19)20. The van der Waals surface area contributed by atoms with Crippen LogP contribution in [0.25, 0.3) is 0 Å². The van der Waals surface area contributed by atoms with Crippen LogP contribution in [0.2, 0.25) is 0 Å². The molecule has 1 radical (unpaired) electrons. The number of hydrogen-bond acceptors (Lipinski definition) is 0. The summed E-state index contributed by atoms with van der Waals surface area (Å²) < 4.78 is -2.35. The van der Waals surface area contributed by atoms with E-state index in [0.717, 1.165) is 0 Å². The first kappa shape index (κ1) is 33.9. The summed E-state index contributed by atoms with van der Waals surface area (Å²) in [5, 5.41) is 13.1. The molecule has 0 amide bonds. The van der Waals surface area contributed by atoms with E-state index in [1.165, 1.54) is 0 Å². The van der Waals surface area contributed by atoms with Crippen molar-refractivity contribution in [2.45, 2.75) is 2.78 Å². The number of alkyl halides is 15. The van der Waals surface area contributed by atoms with Gasteiger partial charge in [0.05, 0.1) is 5.41 Å². The van der Waals surface area contributed by atoms with Crippen molar-refractivity contribution >= 4 is 339 Å². The summed E-state index contributed by atoms with van der Waals surface area (Å²) in [6, 6.07) is 0. The van der Waals surface area contributed by atoms with Crippen LogP contribution < -0.4 is 0 Å². The Hall–Kier alpha value is 10.9. The van der Waals surface area contributed by atoms with Gasteiger partial charge >= 0.3 is 0 Å². The zero-order valence-electron chi connectivity index (χ0n) is 9.58. The molecule has 0 spiro atoms. The van der Waals surface area contributed by atoms with Crippen molar-refractivity contribution < 1.29 is 5.11 Å². The Balaban J connectivity index is 7.12. The lowest BCUT2D eigenvalue weighted by atomic mass is 9.90. The molecule has 0 aliphatic heterocycles. The van der Waals surface area contributed by atoms with Gasteiger partial charge in [0.1, 0.15) is 1.16 Å². The van der Waals surface area contributed by atoms with Crippen LogP contribution in [-0.2, 0) is 5.11 Å². The van der Waals surface area contributed by atoms with Crippen molar-refractivity contribution in [3.63, 3.8) is 0 Å². The Morgan fingerprint density at radius 3 is 0.739 bits per heavy atom. The highest BCUT2D eigenvalue weighted by atomic mass is 127. The van der Waals surface area contributed by atoms with Crippen LogP contribution in [0.3, 0.4) is 0 Å². The molecule has 0 aliphatic carbocycles. The Morgan fingerprint density at radius 1 is 0.391 bits per heavy atom. The second kappa shape index (κ2) is 12.0. The average Bonchev–Trinajstić information content (AvgIpc) is 2.06. The van der Waals surface area contributed by atoms with E-state index in [1.54, 1.807) is 0 Å². The monoisotopic (exact) mass is 2000 g/mol. The summed E-state index contributed by atoms with van der Waals surface area (Å²) in [4.78, 5) is 0. The SMILES string of the molecule is [O]C(I)(I)C(I)(I)C(I)(I)C(C(I)(I)I)(C(I)(I)I)C(I)(I)I. The van der Waals surface area contributed by atoms with E-state index in [9.17, 15) is 5.11 Å². The first-order valence-electron chi connectivity index (χ1n) is 4.54. The van der Waals surface area contributed by atoms with Gasteiger partial charge in [0.2, 0.25) is 1.61 Å². The zero-order valence-corrected chi connectivity index (χ0v) is 41.9. The first-order valence-corrected chi connectivity index (χ1v) is 20.7. The molecule has 0 fully saturated rings. The summed E-state index contributed by atoms with van der Waals surface area (Å²) in [7, 11) is 0. The van der Waals surface area contributed by atoms with Crippen molar-refractivity contribution in [1.82, 2.24) is 0 Å². The van der Waals surface area contributed by atoms with E-state index in [1.807, 2.05) is 0 Å². The van der Waals surface area contributed by atoms with Gasteiger partial charge < -0.3 is 0 Å². The fourth-order valence-corrected chi connectivity index (χ4v) is 42.4. The molecule has 0 unspecified atom stereocenters. The van der Waals surface area contributed by atoms with Gasteiger partial charge in [-0.2, -0.15) is 0 Å². The van der Waals surface area contributed by atoms with Crippen LogP contribution in [0.1, 0.15) is 0 Å². The fraction of sp³-hybridized carbons (Fsp3) is 1.00. The van der Waals surface area contributed by atoms with Crippen molar-refractivity contribution in [1.29, 1.82) is 0 Å². The van der Waals surface area contributed by atoms with Gasteiger partial charge in [0, 0.05) is 0 Å². The van der Waals surface area contributed by atoms with Crippen LogP contribution in [0.4, 0.5) is 0 Å². The summed E-state index contributed by atoms with van der Waals surface area (Å²) in [5.41, 5.74) is -0.222. The van der Waals surface area contributed by atoms with Gasteiger partial charge in [-0.25, -0.2) is 5.11 Å². The van der Waals surface area contributed by atoms with Crippen LogP contribution in [-0.4, -0.2) is 2.78 Å². The molecule has 139 valence electrons. The minimum atomic E-state index is -1.14. The van der Waals surface area contributed by atoms with E-state index >= 15 is 0 Å². The maximum absolute atomic E-state index is 13.1. The molecular weight excluding hydrogens is 2000 g/mol. The molecule has 0 atom stereocenters. The van der Waals surface area contributed by atoms with E-state index in [2.05, 4.69) is 339 Å². The van der Waals surface area contributed by atoms with Gasteiger partial charge in [0.25, 0.3) is 0 Å². The Labute approximate surface area is 341 Å². The third kappa shape index (κ3) is 7.46. The highest BCUT2D eigenvalue weighted by Crippen LogP contribution is 2.84. The normalized spacial score (nSPS) is 16.7. The summed E-state index contributed by atoms with van der Waals surface area (Å²) in [6.07, 6.45) is 0. The van der Waals surface area contributed by atoms with E-state index in [0.29, 0.717) is 0 Å². The molecule has 0 aromatic rings. The topological polar surface area (TPSA) is 19.9 Å². The van der Waals surface area contributed by atoms with Gasteiger partial charge in [0.15, 0.2) is 0 Å². The van der Waals surface area contributed by atoms with Gasteiger partial charge in [-0.3, -0.25) is 0 Å². The zero-order chi connectivity index (χ0) is 19.5. The van der Waals surface area contributed by atoms with Gasteiger partial charge in [-0.05, 0) is 45.2 Å². The smallest absolute Gasteiger partial charge is 0.204 e. The third-order valence-corrected chi connectivity index (χ3v) is 26.0. The molecular formula is C7I15O. The Bertz CT molecular complexity index is 395. The second-order valence-electron chi connectivity index (χ2n) is 3.91. The molecule has 0 aliphatic rings. The summed E-state index contributed by atoms with van der Waals surface area (Å²) in [5.74, 6) is 0. The lowest BCUT2D eigenvalue weighted by Gasteiger charge is -2.61. The number of hydrogen-bond donors (Lipinski definition) is 0. The molecule has 0 heterocycles. The molecule has 0 saturated heterocycles. The minimum absolute atomic E-state index is 0.115. The predicted molar refractivity (Wildman–Crippen MR) is 230 cm³/mol. The Morgan fingerprint density at radius 2 is 0.609 bits per heavy atom. The molecule has 0 aromatic heterocycles. The van der Waals surface area contributed by atoms with E-state index in [4.69, 9.17) is 0 Å². The largest absolute Gasteiger partial charge is 0.229 e. The Kier molecular flexibility index (Phi) is 17.6. The van der Waals surface area contributed by atoms with E-state index < -0.39 is 3.04 Å². The summed E-state index contributed by atoms with van der Waals surface area (Å²) >= 11 is 37.0. The quantitative estimate of drug-likeness (QED) is 0.187. The van der Waals surface area contributed by atoms with Crippen molar-refractivity contribution in [2.75, 3.05) is 0 Å². The predicted octanol–water partition coefficient (Wildman–Crippen LogP) is 11.9. The maximum atomic E-state index is 13.1. The van der Waals surface area contributed by atoms with Gasteiger partial charge in [-0.1, -0.05) is 294 Å². The molecule has 0 bridgehead atoms. The average molecular weight is 2000 g/mol. The molecule has 16 heteroatoms. The molecule has 0 rings (SSSR count). The van der Waals surface area contributed by atoms with Gasteiger partial charge in [-0.15, -0.1) is 0 Å². The maximum Gasteiger partial charge on any atom is 0.229 e. The lowest BCUT2D eigenvalue weighted by Crippen LogP contribution is -2.69. The second-order valence-corrected chi connectivity index (χ2v) is 52.8. The lowest BCUT2D eigenvalue weighted by molar-refractivity contribution is 0.151. The van der Waals surface area contributed by atoms with Crippen LogP contribution in [0, 0.1) is 5.41 Å². The molecule has 0 aromatic carbocycles. The third-order valence-electron chi connectivity index (χ3n) is 2.51. The van der Waals surface area contributed by atoms with Crippen LogP contribution in [0.15, 0.2) is 0 Å². The molecule has 0 N–H and O–H groups in total. The van der Waals surface area contributed by atoms with Crippen molar-refractivity contribution in [2.24, 2.45) is 5.41 Å². The first-order chi connectivity index (χ1) is 9.50.